The topological polar surface area (TPSA) is 117 Å². The Balaban J connectivity index is 1.30. The van der Waals surface area contributed by atoms with Crippen molar-refractivity contribution in [2.45, 2.75) is 30.7 Å². The fourth-order valence-corrected chi connectivity index (χ4v) is 4.45. The minimum atomic E-state index is -4.58. The predicted molar refractivity (Wildman–Crippen MR) is 128 cm³/mol. The van der Waals surface area contributed by atoms with E-state index in [9.17, 15) is 28.2 Å². The number of ether oxygens (including phenoxy) is 1. The minimum Gasteiger partial charge on any atom is -0.449 e. The van der Waals surface area contributed by atoms with E-state index in [1.54, 1.807) is 0 Å². The number of nitrogen functional groups attached to an aromatic ring is 1. The van der Waals surface area contributed by atoms with Crippen LogP contribution in [0.1, 0.15) is 40.7 Å². The summed E-state index contributed by atoms with van der Waals surface area (Å²) < 4.78 is 44.2. The van der Waals surface area contributed by atoms with Crippen molar-refractivity contribution in [1.82, 2.24) is 5.32 Å². The van der Waals surface area contributed by atoms with Gasteiger partial charge in [-0.05, 0) is 40.8 Å². The summed E-state index contributed by atoms with van der Waals surface area (Å²) in [6.45, 7) is 0.100. The van der Waals surface area contributed by atoms with Crippen LogP contribution in [-0.4, -0.2) is 35.6 Å². The Morgan fingerprint density at radius 3 is 2.19 bits per heavy atom. The molecule has 10 heteroatoms. The Kier molecular flexibility index (Phi) is 7.48. The fourth-order valence-electron chi connectivity index (χ4n) is 4.45. The molecule has 0 spiro atoms. The Morgan fingerprint density at radius 2 is 1.61 bits per heavy atom. The van der Waals surface area contributed by atoms with E-state index >= 15 is 0 Å². The molecule has 2 unspecified atom stereocenters. The fraction of sp³-hybridized carbons (Fsp3) is 0.269. The molecule has 1 aliphatic rings. The zero-order chi connectivity index (χ0) is 25.9. The molecule has 3 aromatic carbocycles. The van der Waals surface area contributed by atoms with Crippen LogP contribution in [0.15, 0.2) is 66.7 Å². The van der Waals surface area contributed by atoms with Crippen molar-refractivity contribution in [2.24, 2.45) is 5.84 Å². The van der Waals surface area contributed by atoms with Gasteiger partial charge in [0.05, 0.1) is 17.4 Å². The standard InChI is InChI=1S/C26H26F3N3O4/c27-26(28,29)15-9-10-20(22(13-15)32-30)24(34)23(33)11-12-31-25(35)36-14-21-18-7-3-1-5-16(18)17-6-2-4-8-19(17)21/h1-10,13,21,23-24,32-34H,11-12,14,30H2,(H,31,35). The molecule has 0 radical (unpaired) electrons. The number of hydrogen-bond acceptors (Lipinski definition) is 6. The van der Waals surface area contributed by atoms with Gasteiger partial charge in [0.25, 0.3) is 0 Å². The second-order valence-electron chi connectivity index (χ2n) is 8.50. The van der Waals surface area contributed by atoms with Gasteiger partial charge in [-0.2, -0.15) is 13.2 Å². The smallest absolute Gasteiger partial charge is 0.416 e. The molecule has 0 fully saturated rings. The van der Waals surface area contributed by atoms with Crippen molar-refractivity contribution in [3.8, 4) is 11.1 Å². The molecule has 0 bridgehead atoms. The number of hydrazine groups is 1. The van der Waals surface area contributed by atoms with Crippen molar-refractivity contribution in [3.63, 3.8) is 0 Å². The minimum absolute atomic E-state index is 0.000796. The van der Waals surface area contributed by atoms with E-state index in [1.165, 1.54) is 0 Å². The molecule has 0 heterocycles. The number of alkyl carbamates (subject to hydrolysis) is 1. The lowest BCUT2D eigenvalue weighted by molar-refractivity contribution is -0.137. The van der Waals surface area contributed by atoms with Gasteiger partial charge >= 0.3 is 12.3 Å². The first kappa shape index (κ1) is 25.5. The molecule has 2 atom stereocenters. The van der Waals surface area contributed by atoms with E-state index in [-0.39, 0.29) is 36.7 Å². The first-order valence-electron chi connectivity index (χ1n) is 11.3. The number of carbonyl (C=O) groups excluding carboxylic acids is 1. The highest BCUT2D eigenvalue weighted by atomic mass is 19.4. The normalized spacial score (nSPS) is 14.5. The SMILES string of the molecule is NNc1cc(C(F)(F)F)ccc1C(O)C(O)CCNC(=O)OCC1c2ccccc2-c2ccccc21. The third kappa shape index (κ3) is 5.30. The zero-order valence-corrected chi connectivity index (χ0v) is 19.1. The van der Waals surface area contributed by atoms with Crippen LogP contribution in [0, 0.1) is 0 Å². The summed E-state index contributed by atoms with van der Waals surface area (Å²) >= 11 is 0. The number of alkyl halides is 3. The van der Waals surface area contributed by atoms with E-state index in [0.29, 0.717) is 0 Å². The lowest BCUT2D eigenvalue weighted by Gasteiger charge is -2.22. The quantitative estimate of drug-likeness (QED) is 0.232. The van der Waals surface area contributed by atoms with E-state index in [2.05, 4.69) is 10.7 Å². The molecule has 36 heavy (non-hydrogen) atoms. The highest BCUT2D eigenvalue weighted by Crippen LogP contribution is 2.44. The van der Waals surface area contributed by atoms with Gasteiger partial charge in [-0.15, -0.1) is 0 Å². The molecule has 0 saturated carbocycles. The number of aliphatic hydroxyl groups is 2. The maximum Gasteiger partial charge on any atom is 0.416 e. The average Bonchev–Trinajstić information content (AvgIpc) is 3.19. The molecule has 4 rings (SSSR count). The molecule has 6 N–H and O–H groups in total. The van der Waals surface area contributed by atoms with Crippen LogP contribution in [0.25, 0.3) is 11.1 Å². The Labute approximate surface area is 205 Å². The second kappa shape index (κ2) is 10.6. The summed E-state index contributed by atoms with van der Waals surface area (Å²) in [7, 11) is 0. The van der Waals surface area contributed by atoms with Crippen LogP contribution in [0.5, 0.6) is 0 Å². The second-order valence-corrected chi connectivity index (χ2v) is 8.50. The lowest BCUT2D eigenvalue weighted by Crippen LogP contribution is -2.31. The van der Waals surface area contributed by atoms with Crippen LogP contribution in [0.4, 0.5) is 23.7 Å². The summed E-state index contributed by atoms with van der Waals surface area (Å²) in [6.07, 6.45) is -8.24. The van der Waals surface area contributed by atoms with Crippen molar-refractivity contribution in [3.05, 3.63) is 89.0 Å². The zero-order valence-electron chi connectivity index (χ0n) is 19.1. The van der Waals surface area contributed by atoms with Crippen molar-refractivity contribution < 1.29 is 32.9 Å². The summed E-state index contributed by atoms with van der Waals surface area (Å²) in [4.78, 5) is 12.3. The predicted octanol–water partition coefficient (Wildman–Crippen LogP) is 4.31. The Morgan fingerprint density at radius 1 is 1.00 bits per heavy atom. The Hall–Kier alpha value is -3.60. The van der Waals surface area contributed by atoms with Gasteiger partial charge in [0.2, 0.25) is 0 Å². The summed E-state index contributed by atoms with van der Waals surface area (Å²) in [5, 5.41) is 23.3. The van der Waals surface area contributed by atoms with Gasteiger partial charge in [0.1, 0.15) is 12.7 Å². The van der Waals surface area contributed by atoms with Gasteiger partial charge in [0, 0.05) is 18.0 Å². The number of halogens is 3. The van der Waals surface area contributed by atoms with Crippen LogP contribution in [0.3, 0.4) is 0 Å². The van der Waals surface area contributed by atoms with E-state index in [4.69, 9.17) is 10.6 Å². The molecule has 190 valence electrons. The highest BCUT2D eigenvalue weighted by Gasteiger charge is 2.32. The number of benzene rings is 3. The molecule has 1 amide bonds. The maximum atomic E-state index is 12.9. The molecule has 3 aromatic rings. The number of nitrogens with two attached hydrogens (primary N) is 1. The largest absolute Gasteiger partial charge is 0.449 e. The van der Waals surface area contributed by atoms with Crippen molar-refractivity contribution in [2.75, 3.05) is 18.6 Å². The van der Waals surface area contributed by atoms with E-state index in [0.717, 1.165) is 40.5 Å². The molecule has 0 saturated heterocycles. The summed E-state index contributed by atoms with van der Waals surface area (Å²) in [5.41, 5.74) is 5.36. The van der Waals surface area contributed by atoms with Crippen LogP contribution in [0.2, 0.25) is 0 Å². The number of anilines is 1. The lowest BCUT2D eigenvalue weighted by atomic mass is 9.98. The Bertz CT molecular complexity index is 1190. The number of carbonyl (C=O) groups is 1. The van der Waals surface area contributed by atoms with Gasteiger partial charge in [0.15, 0.2) is 0 Å². The van der Waals surface area contributed by atoms with E-state index in [1.807, 2.05) is 48.5 Å². The number of rotatable bonds is 8. The monoisotopic (exact) mass is 501 g/mol. The van der Waals surface area contributed by atoms with E-state index < -0.39 is 30.0 Å². The van der Waals surface area contributed by atoms with Gasteiger partial charge in [-0.25, -0.2) is 4.79 Å². The van der Waals surface area contributed by atoms with Crippen molar-refractivity contribution in [1.29, 1.82) is 0 Å². The number of fused-ring (bicyclic) bond motifs is 3. The molecular formula is C26H26F3N3O4. The molecular weight excluding hydrogens is 475 g/mol. The molecule has 0 aromatic heterocycles. The first-order valence-corrected chi connectivity index (χ1v) is 11.3. The maximum absolute atomic E-state index is 12.9. The average molecular weight is 502 g/mol. The number of hydrogen-bond donors (Lipinski definition) is 5. The van der Waals surface area contributed by atoms with Gasteiger partial charge < -0.3 is 25.7 Å². The number of aliphatic hydroxyl groups excluding tert-OH is 2. The number of amides is 1. The van der Waals surface area contributed by atoms with Crippen molar-refractivity contribution >= 4 is 11.8 Å². The first-order chi connectivity index (χ1) is 17.2. The third-order valence-corrected chi connectivity index (χ3v) is 6.27. The van der Waals surface area contributed by atoms with Gasteiger partial charge in [-0.1, -0.05) is 54.6 Å². The highest BCUT2D eigenvalue weighted by molar-refractivity contribution is 5.79. The molecule has 0 aliphatic heterocycles. The third-order valence-electron chi connectivity index (χ3n) is 6.27. The van der Waals surface area contributed by atoms with Crippen LogP contribution in [-0.2, 0) is 10.9 Å². The summed E-state index contributed by atoms with van der Waals surface area (Å²) in [5.74, 6) is 5.20. The van der Waals surface area contributed by atoms with Crippen LogP contribution < -0.4 is 16.6 Å². The summed E-state index contributed by atoms with van der Waals surface area (Å²) in [6, 6.07) is 18.5. The molecule has 7 nitrogen and oxygen atoms in total. The number of nitrogens with one attached hydrogen (secondary N) is 2. The van der Waals surface area contributed by atoms with Crippen LogP contribution >= 0.6 is 0 Å². The molecule has 1 aliphatic carbocycles. The van der Waals surface area contributed by atoms with Gasteiger partial charge in [-0.3, -0.25) is 5.84 Å².